The second-order valence-corrected chi connectivity index (χ2v) is 6.46. The molecule has 5 heteroatoms. The third kappa shape index (κ3) is 2.07. The van der Waals surface area contributed by atoms with Crippen LogP contribution in [0, 0.1) is 3.57 Å². The average Bonchev–Trinajstić information content (AvgIpc) is 2.92. The molecular weight excluding hydrogens is 343 g/mol. The number of fused-ring (bicyclic) bond motifs is 1. The van der Waals surface area contributed by atoms with E-state index in [0.29, 0.717) is 17.8 Å². The van der Waals surface area contributed by atoms with E-state index >= 15 is 0 Å². The lowest BCUT2D eigenvalue weighted by atomic mass is 9.99. The topological polar surface area (TPSA) is 45.5 Å². The van der Waals surface area contributed by atoms with Crippen molar-refractivity contribution in [2.45, 2.75) is 37.8 Å². The van der Waals surface area contributed by atoms with Gasteiger partial charge >= 0.3 is 5.97 Å². The molecule has 0 saturated carbocycles. The fraction of sp³-hybridized carbons (Fsp3) is 0.615. The van der Waals surface area contributed by atoms with Gasteiger partial charge in [0.2, 0.25) is 0 Å². The lowest BCUT2D eigenvalue weighted by Crippen LogP contribution is -2.38. The van der Waals surface area contributed by atoms with Crippen LogP contribution in [0.5, 0.6) is 0 Å². The summed E-state index contributed by atoms with van der Waals surface area (Å²) < 4.78 is 3.01. The molecule has 3 heterocycles. The maximum atomic E-state index is 11.3. The SMILES string of the molecule is O=C(O)c1cc(I)cn1C1CCN2CCCCC12. The van der Waals surface area contributed by atoms with Gasteiger partial charge in [0, 0.05) is 22.4 Å². The Morgan fingerprint density at radius 1 is 1.28 bits per heavy atom. The lowest BCUT2D eigenvalue weighted by Gasteiger charge is -2.33. The Morgan fingerprint density at radius 2 is 2.11 bits per heavy atom. The molecule has 2 saturated heterocycles. The highest BCUT2D eigenvalue weighted by Crippen LogP contribution is 2.36. The summed E-state index contributed by atoms with van der Waals surface area (Å²) in [4.78, 5) is 13.8. The molecule has 2 aliphatic rings. The second kappa shape index (κ2) is 4.85. The van der Waals surface area contributed by atoms with E-state index in [4.69, 9.17) is 0 Å². The van der Waals surface area contributed by atoms with Gasteiger partial charge in [-0.2, -0.15) is 0 Å². The number of rotatable bonds is 2. The fourth-order valence-corrected chi connectivity index (χ4v) is 4.03. The van der Waals surface area contributed by atoms with Crippen molar-refractivity contribution in [1.29, 1.82) is 0 Å². The van der Waals surface area contributed by atoms with Crippen LogP contribution >= 0.6 is 22.6 Å². The smallest absolute Gasteiger partial charge is 0.352 e. The highest BCUT2D eigenvalue weighted by atomic mass is 127. The minimum atomic E-state index is -0.813. The summed E-state index contributed by atoms with van der Waals surface area (Å²) in [5.41, 5.74) is 0.442. The van der Waals surface area contributed by atoms with Crippen LogP contribution in [0.4, 0.5) is 0 Å². The Kier molecular flexibility index (Phi) is 3.36. The summed E-state index contributed by atoms with van der Waals surface area (Å²) in [6.45, 7) is 2.30. The third-order valence-corrected chi connectivity index (χ3v) is 4.80. The number of carbonyl (C=O) groups is 1. The van der Waals surface area contributed by atoms with Gasteiger partial charge < -0.3 is 9.67 Å². The number of nitrogens with zero attached hydrogens (tertiary/aromatic N) is 2. The van der Waals surface area contributed by atoms with Gasteiger partial charge in [-0.15, -0.1) is 0 Å². The molecule has 4 nitrogen and oxygen atoms in total. The summed E-state index contributed by atoms with van der Waals surface area (Å²) in [7, 11) is 0. The number of aromatic nitrogens is 1. The molecule has 0 amide bonds. The van der Waals surface area contributed by atoms with Crippen molar-refractivity contribution in [3.05, 3.63) is 21.5 Å². The van der Waals surface area contributed by atoms with Crippen LogP contribution in [-0.2, 0) is 0 Å². The number of aromatic carboxylic acids is 1. The van der Waals surface area contributed by atoms with Crippen molar-refractivity contribution >= 4 is 28.6 Å². The molecule has 0 aliphatic carbocycles. The van der Waals surface area contributed by atoms with Crippen LogP contribution in [0.1, 0.15) is 42.2 Å². The second-order valence-electron chi connectivity index (χ2n) is 5.21. The first-order valence-electron chi connectivity index (χ1n) is 6.51. The van der Waals surface area contributed by atoms with Gasteiger partial charge in [0.05, 0.1) is 6.04 Å². The van der Waals surface area contributed by atoms with Crippen molar-refractivity contribution < 1.29 is 9.90 Å². The quantitative estimate of drug-likeness (QED) is 0.825. The van der Waals surface area contributed by atoms with Gasteiger partial charge in [0.15, 0.2) is 0 Å². The summed E-state index contributed by atoms with van der Waals surface area (Å²) in [5.74, 6) is -0.813. The molecule has 2 atom stereocenters. The maximum Gasteiger partial charge on any atom is 0.352 e. The highest BCUT2D eigenvalue weighted by molar-refractivity contribution is 14.1. The molecule has 0 radical (unpaired) electrons. The van der Waals surface area contributed by atoms with E-state index in [9.17, 15) is 9.90 Å². The molecule has 2 fully saturated rings. The first-order chi connectivity index (χ1) is 8.66. The molecule has 0 spiro atoms. The van der Waals surface area contributed by atoms with E-state index in [1.165, 1.54) is 25.8 Å². The predicted octanol–water partition coefficient (Wildman–Crippen LogP) is 2.59. The summed E-state index contributed by atoms with van der Waals surface area (Å²) in [6, 6.07) is 2.66. The van der Waals surface area contributed by atoms with Crippen LogP contribution < -0.4 is 0 Å². The van der Waals surface area contributed by atoms with Gasteiger partial charge in [0.25, 0.3) is 0 Å². The average molecular weight is 360 g/mol. The molecule has 98 valence electrons. The minimum Gasteiger partial charge on any atom is -0.477 e. The van der Waals surface area contributed by atoms with Crippen LogP contribution in [-0.4, -0.2) is 39.7 Å². The van der Waals surface area contributed by atoms with Gasteiger partial charge in [-0.25, -0.2) is 4.79 Å². The summed E-state index contributed by atoms with van der Waals surface area (Å²) in [5, 5.41) is 9.30. The van der Waals surface area contributed by atoms with Crippen molar-refractivity contribution in [3.8, 4) is 0 Å². The Hall–Kier alpha value is -0.560. The Morgan fingerprint density at radius 3 is 2.89 bits per heavy atom. The lowest BCUT2D eigenvalue weighted by molar-refractivity contribution is 0.0679. The van der Waals surface area contributed by atoms with E-state index in [2.05, 4.69) is 27.5 Å². The van der Waals surface area contributed by atoms with Crippen LogP contribution in [0.15, 0.2) is 12.3 Å². The first-order valence-corrected chi connectivity index (χ1v) is 7.59. The molecule has 0 aromatic carbocycles. The van der Waals surface area contributed by atoms with Crippen LogP contribution in [0.2, 0.25) is 0 Å². The molecule has 1 N–H and O–H groups in total. The number of hydrogen-bond acceptors (Lipinski definition) is 2. The zero-order chi connectivity index (χ0) is 12.7. The zero-order valence-corrected chi connectivity index (χ0v) is 12.3. The zero-order valence-electron chi connectivity index (χ0n) is 10.2. The standard InChI is InChI=1S/C13H17IN2O2/c14-9-7-12(13(17)18)16(8-9)11-4-6-15-5-2-1-3-10(11)15/h7-8,10-11H,1-6H2,(H,17,18). The van der Waals surface area contributed by atoms with Gasteiger partial charge in [-0.3, -0.25) is 4.90 Å². The van der Waals surface area contributed by atoms with Crippen molar-refractivity contribution in [3.63, 3.8) is 0 Å². The minimum absolute atomic E-state index is 0.347. The van der Waals surface area contributed by atoms with E-state index in [-0.39, 0.29) is 0 Å². The number of halogens is 1. The van der Waals surface area contributed by atoms with E-state index < -0.39 is 5.97 Å². The van der Waals surface area contributed by atoms with Gasteiger partial charge in [0.1, 0.15) is 5.69 Å². The highest BCUT2D eigenvalue weighted by Gasteiger charge is 2.37. The van der Waals surface area contributed by atoms with Gasteiger partial charge in [-0.05, 0) is 54.5 Å². The normalized spacial score (nSPS) is 28.3. The van der Waals surface area contributed by atoms with Gasteiger partial charge in [-0.1, -0.05) is 6.42 Å². The summed E-state index contributed by atoms with van der Waals surface area (Å²) in [6.07, 6.45) is 6.84. The Bertz CT molecular complexity index is 472. The van der Waals surface area contributed by atoms with Crippen LogP contribution in [0.25, 0.3) is 0 Å². The number of piperidine rings is 1. The molecule has 1 aromatic heterocycles. The monoisotopic (exact) mass is 360 g/mol. The summed E-state index contributed by atoms with van der Waals surface area (Å²) >= 11 is 2.20. The molecule has 18 heavy (non-hydrogen) atoms. The van der Waals surface area contributed by atoms with Crippen LogP contribution in [0.3, 0.4) is 0 Å². The molecular formula is C13H17IN2O2. The van der Waals surface area contributed by atoms with Crippen molar-refractivity contribution in [2.24, 2.45) is 0 Å². The first kappa shape index (κ1) is 12.5. The molecule has 0 bridgehead atoms. The maximum absolute atomic E-state index is 11.3. The number of carboxylic acid groups (broad SMARTS) is 1. The molecule has 3 rings (SSSR count). The van der Waals surface area contributed by atoms with Crippen molar-refractivity contribution in [2.75, 3.05) is 13.1 Å². The largest absolute Gasteiger partial charge is 0.477 e. The van der Waals surface area contributed by atoms with E-state index in [0.717, 1.165) is 16.5 Å². The molecule has 2 aliphatic heterocycles. The number of hydrogen-bond donors (Lipinski definition) is 1. The molecule has 2 unspecified atom stereocenters. The Labute approximate surface area is 120 Å². The third-order valence-electron chi connectivity index (χ3n) is 4.21. The Balaban J connectivity index is 1.92. The molecule has 1 aromatic rings. The van der Waals surface area contributed by atoms with E-state index in [1.54, 1.807) is 6.07 Å². The fourth-order valence-electron chi connectivity index (χ4n) is 3.44. The van der Waals surface area contributed by atoms with E-state index in [1.807, 2.05) is 10.8 Å². The van der Waals surface area contributed by atoms with Crippen molar-refractivity contribution in [1.82, 2.24) is 9.47 Å². The predicted molar refractivity (Wildman–Crippen MR) is 77.0 cm³/mol. The number of carboxylic acids is 1.